The predicted molar refractivity (Wildman–Crippen MR) is 285 cm³/mol. The maximum atomic E-state index is 9.56. The van der Waals surface area contributed by atoms with Gasteiger partial charge < -0.3 is 45.9 Å². The topological polar surface area (TPSA) is 483 Å². The van der Waals surface area contributed by atoms with Gasteiger partial charge in [0.05, 0.1) is 22.8 Å². The molecule has 72 heavy (non-hydrogen) atoms. The van der Waals surface area contributed by atoms with Crippen molar-refractivity contribution in [3.8, 4) is 68.8 Å². The number of hydrogen-bond acceptors (Lipinski definition) is 28. The largest absolute Gasteiger partial charge is 0.368 e. The molecule has 0 saturated carbocycles. The second-order valence-corrected chi connectivity index (χ2v) is 20.0. The highest BCUT2D eigenvalue weighted by atomic mass is 32.2. The van der Waals surface area contributed by atoms with E-state index in [0.29, 0.717) is 45.6 Å². The van der Waals surface area contributed by atoms with Crippen LogP contribution in [-0.2, 0) is 43.2 Å². The molecule has 0 atom stereocenters. The Labute approximate surface area is 423 Å². The third kappa shape index (κ3) is 21.1. The van der Waals surface area contributed by atoms with E-state index < -0.39 is 43.2 Å². The van der Waals surface area contributed by atoms with Crippen LogP contribution in [0.3, 0.4) is 0 Å². The van der Waals surface area contributed by atoms with Gasteiger partial charge in [-0.25, -0.2) is 19.9 Å². The Morgan fingerprint density at radius 2 is 0.361 bits per heavy atom. The zero-order valence-corrected chi connectivity index (χ0v) is 43.2. The smallest absolute Gasteiger partial charge is 0.225 e. The van der Waals surface area contributed by atoms with Crippen LogP contribution in [0.2, 0.25) is 0 Å². The first-order valence-corrected chi connectivity index (χ1v) is 27.7. The lowest BCUT2D eigenvalue weighted by Crippen LogP contribution is -2.05. The highest BCUT2D eigenvalue weighted by molar-refractivity contribution is 7.84. The van der Waals surface area contributed by atoms with Crippen molar-refractivity contribution in [1.29, 1.82) is 0 Å². The minimum absolute atomic E-state index is 0.0137. The first-order chi connectivity index (χ1) is 33.9. The predicted octanol–water partition coefficient (Wildman–Crippen LogP) is 0.332. The highest BCUT2D eigenvalue weighted by Gasteiger charge is 2.14. The molecular formula is C40H52N24O4S4. The van der Waals surface area contributed by atoms with Gasteiger partial charge in [-0.3, -0.25) is 16.8 Å². The van der Waals surface area contributed by atoms with Gasteiger partial charge in [0.25, 0.3) is 0 Å². The summed E-state index contributed by atoms with van der Waals surface area (Å²) in [5, 5.41) is 0. The zero-order chi connectivity index (χ0) is 53.7. The van der Waals surface area contributed by atoms with Crippen molar-refractivity contribution in [2.75, 3.05) is 95.9 Å². The van der Waals surface area contributed by atoms with E-state index in [-0.39, 0.29) is 70.9 Å². The lowest BCUT2D eigenvalue weighted by molar-refractivity contribution is 0.689. The summed E-state index contributed by atoms with van der Waals surface area (Å²) in [5.74, 6) is 1.17. The molecule has 8 rings (SSSR count). The summed E-state index contributed by atoms with van der Waals surface area (Å²) in [6.07, 6.45) is 13.1. The summed E-state index contributed by atoms with van der Waals surface area (Å²) < 4.78 is 38.2. The molecule has 380 valence electrons. The van der Waals surface area contributed by atoms with Crippen LogP contribution >= 0.6 is 0 Å². The van der Waals surface area contributed by atoms with Gasteiger partial charge in [0.2, 0.25) is 47.6 Å². The first-order valence-electron chi connectivity index (χ1n) is 19.9. The van der Waals surface area contributed by atoms with Crippen LogP contribution in [0.4, 0.5) is 47.6 Å². The second-order valence-electron chi connectivity index (χ2n) is 14.1. The van der Waals surface area contributed by atoms with Gasteiger partial charge in [0.15, 0.2) is 23.3 Å². The van der Waals surface area contributed by atoms with E-state index in [1.165, 1.54) is 0 Å². The van der Waals surface area contributed by atoms with Crippen molar-refractivity contribution in [2.45, 2.75) is 0 Å². The molecule has 0 unspecified atom stereocenters. The van der Waals surface area contributed by atoms with Crippen molar-refractivity contribution < 1.29 is 16.8 Å². The quantitative estimate of drug-likeness (QED) is 0.111. The van der Waals surface area contributed by atoms with E-state index in [4.69, 9.17) is 45.9 Å². The standard InChI is InChI=1S/2C16H14N12.4C2H6OS/c2*17-13-23-11(24-14(18)27-13)9-5-1-3-7(21-9)8-4-2-6-10(22-8)12-25-15(19)28-16(20)26-12;4*1-4(2)3/h2*1-6H,(H4,17,18,23,24,27)(H4,19,20,25,26,28);4*1-2H3. The Morgan fingerprint density at radius 3 is 0.500 bits per heavy atom. The van der Waals surface area contributed by atoms with Crippen molar-refractivity contribution in [1.82, 2.24) is 79.7 Å². The fraction of sp³-hybridized carbons (Fsp3) is 0.200. The van der Waals surface area contributed by atoms with Gasteiger partial charge in [-0.2, -0.15) is 59.8 Å². The van der Waals surface area contributed by atoms with E-state index in [0.717, 1.165) is 0 Å². The van der Waals surface area contributed by atoms with Crippen molar-refractivity contribution in [3.63, 3.8) is 0 Å². The number of aromatic nitrogens is 16. The third-order valence-electron chi connectivity index (χ3n) is 7.12. The van der Waals surface area contributed by atoms with E-state index in [9.17, 15) is 16.8 Å². The summed E-state index contributed by atoms with van der Waals surface area (Å²) in [4.78, 5) is 65.7. The van der Waals surface area contributed by atoms with Crippen LogP contribution < -0.4 is 45.9 Å². The van der Waals surface area contributed by atoms with Crippen molar-refractivity contribution in [3.05, 3.63) is 72.8 Å². The number of nitrogen functional groups attached to an aromatic ring is 8. The molecule has 0 bridgehead atoms. The summed E-state index contributed by atoms with van der Waals surface area (Å²) in [7, 11) is -2.44. The van der Waals surface area contributed by atoms with Crippen LogP contribution in [0.25, 0.3) is 68.8 Å². The Kier molecular flexibility index (Phi) is 22.8. The average Bonchev–Trinajstić information content (AvgIpc) is 3.27. The molecule has 16 N–H and O–H groups in total. The first kappa shape index (κ1) is 58.0. The Hall–Kier alpha value is -8.36. The maximum absolute atomic E-state index is 9.56. The van der Waals surface area contributed by atoms with E-state index >= 15 is 0 Å². The highest BCUT2D eigenvalue weighted by Crippen LogP contribution is 2.24. The summed E-state index contributed by atoms with van der Waals surface area (Å²) in [6, 6.07) is 21.3. The number of rotatable bonds is 6. The minimum Gasteiger partial charge on any atom is -0.368 e. The van der Waals surface area contributed by atoms with Crippen LogP contribution in [0.5, 0.6) is 0 Å². The van der Waals surface area contributed by atoms with Crippen LogP contribution in [0, 0.1) is 0 Å². The number of nitrogens with zero attached hydrogens (tertiary/aromatic N) is 16. The molecule has 0 aliphatic heterocycles. The van der Waals surface area contributed by atoms with Crippen molar-refractivity contribution in [2.24, 2.45) is 0 Å². The van der Waals surface area contributed by atoms with Crippen LogP contribution in [-0.4, -0.2) is 147 Å². The molecule has 0 aliphatic carbocycles. The molecule has 8 aromatic heterocycles. The van der Waals surface area contributed by atoms with Gasteiger partial charge in [-0.1, -0.05) is 24.3 Å². The molecule has 8 aromatic rings. The fourth-order valence-corrected chi connectivity index (χ4v) is 4.90. The monoisotopic (exact) mass is 1060 g/mol. The van der Waals surface area contributed by atoms with E-state index in [2.05, 4.69) is 79.7 Å². The zero-order valence-electron chi connectivity index (χ0n) is 40.0. The Bertz CT molecular complexity index is 2680. The molecule has 8 heterocycles. The van der Waals surface area contributed by atoms with Gasteiger partial charge >= 0.3 is 0 Å². The Morgan fingerprint density at radius 1 is 0.236 bits per heavy atom. The third-order valence-corrected chi connectivity index (χ3v) is 7.12. The van der Waals surface area contributed by atoms with Gasteiger partial charge in [-0.05, 0) is 48.5 Å². The van der Waals surface area contributed by atoms with Gasteiger partial charge in [0.1, 0.15) is 22.8 Å². The normalized spacial score (nSPS) is 10.3. The number of anilines is 8. The Balaban J connectivity index is 0.000000293. The lowest BCUT2D eigenvalue weighted by atomic mass is 10.2. The lowest BCUT2D eigenvalue weighted by Gasteiger charge is -2.06. The molecule has 0 aliphatic rings. The summed E-state index contributed by atoms with van der Waals surface area (Å²) in [5.41, 5.74) is 49.3. The molecule has 28 nitrogen and oxygen atoms in total. The molecule has 0 aromatic carbocycles. The molecule has 0 saturated heterocycles. The SMILES string of the molecule is CS(C)=O.CS(C)=O.CS(C)=O.CS(C)=O.Nc1nc(N)nc(-c2cccc(-c3cccc(-c4nc(N)nc(N)n4)n3)n2)n1.Nc1nc(N)nc(-c2cccc(-c3cccc(-c4nc(N)nc(N)n4)n3)n2)n1. The van der Waals surface area contributed by atoms with Gasteiger partial charge in [-0.15, -0.1) is 0 Å². The van der Waals surface area contributed by atoms with Gasteiger partial charge in [0, 0.05) is 93.2 Å². The maximum Gasteiger partial charge on any atom is 0.225 e. The molecule has 0 amide bonds. The molecule has 0 radical (unpaired) electrons. The number of hydrogen-bond donors (Lipinski definition) is 8. The molecule has 0 spiro atoms. The second kappa shape index (κ2) is 28.3. The summed E-state index contributed by atoms with van der Waals surface area (Å²) in [6.45, 7) is 0. The molecule has 0 fully saturated rings. The molecule has 32 heteroatoms. The fourth-order valence-electron chi connectivity index (χ4n) is 4.90. The number of nitrogens with two attached hydrogens (primary N) is 8. The molecular weight excluding hydrogens is 1010 g/mol. The van der Waals surface area contributed by atoms with E-state index in [1.54, 1.807) is 123 Å². The van der Waals surface area contributed by atoms with Crippen LogP contribution in [0.15, 0.2) is 72.8 Å². The van der Waals surface area contributed by atoms with E-state index in [1.807, 2.05) is 0 Å². The average molecular weight is 1060 g/mol. The van der Waals surface area contributed by atoms with Crippen LogP contribution in [0.1, 0.15) is 0 Å². The minimum atomic E-state index is -0.611. The van der Waals surface area contributed by atoms with Crippen molar-refractivity contribution >= 4 is 90.8 Å². The number of pyridine rings is 4. The summed E-state index contributed by atoms with van der Waals surface area (Å²) >= 11 is 0.